The van der Waals surface area contributed by atoms with E-state index in [0.717, 1.165) is 38.5 Å². The molecule has 43 heavy (non-hydrogen) atoms. The van der Waals surface area contributed by atoms with Crippen LogP contribution in [-0.2, 0) is 25.6 Å². The lowest BCUT2D eigenvalue weighted by atomic mass is 9.73. The van der Waals surface area contributed by atoms with Crippen LogP contribution in [0.25, 0.3) is 0 Å². The van der Waals surface area contributed by atoms with Crippen LogP contribution < -0.4 is 4.74 Å². The van der Waals surface area contributed by atoms with Gasteiger partial charge in [0.25, 0.3) is 0 Å². The molecule has 0 aliphatic rings. The lowest BCUT2D eigenvalue weighted by molar-refractivity contribution is -0.174. The van der Waals surface area contributed by atoms with Crippen molar-refractivity contribution in [2.75, 3.05) is 6.61 Å². The standard InChI is InChI=1S/C34H48O9/c1-3-5-7-10-13-16-27(35)17-14-11-8-9-12-15-18-30(34(42,33(40)41)25-31(36)37)29(32(38)39)24-26-19-21-28(22-20-26)43-23-6-4-2/h15,18-22,29-30,42H,3,5,7-14,16-17,23-25H2,1-2H3,(H,36,37)(H,38,39)(H,40,41). The van der Waals surface area contributed by atoms with Gasteiger partial charge in [-0.3, -0.25) is 14.4 Å². The number of carboxylic acids is 3. The molecule has 0 amide bonds. The SMILES string of the molecule is CC#CCOc1ccc(CC(C(=O)O)C(C=CCCCCCCC(=O)CCCCCCC)C(O)(CC(=O)O)C(=O)O)cc1. The lowest BCUT2D eigenvalue weighted by Gasteiger charge is -2.33. The fourth-order valence-corrected chi connectivity index (χ4v) is 4.96. The second-order valence-corrected chi connectivity index (χ2v) is 10.9. The predicted molar refractivity (Wildman–Crippen MR) is 164 cm³/mol. The van der Waals surface area contributed by atoms with Gasteiger partial charge in [-0.2, -0.15) is 0 Å². The third-order valence-electron chi connectivity index (χ3n) is 7.44. The van der Waals surface area contributed by atoms with Gasteiger partial charge in [0.05, 0.1) is 12.3 Å². The Morgan fingerprint density at radius 3 is 2.05 bits per heavy atom. The number of carbonyl (C=O) groups excluding carboxylic acids is 1. The molecule has 1 aromatic rings. The Morgan fingerprint density at radius 1 is 0.907 bits per heavy atom. The highest BCUT2D eigenvalue weighted by atomic mass is 16.5. The van der Waals surface area contributed by atoms with Crippen LogP contribution in [-0.4, -0.2) is 56.3 Å². The Bertz CT molecular complexity index is 1100. The van der Waals surface area contributed by atoms with Crippen LogP contribution >= 0.6 is 0 Å². The van der Waals surface area contributed by atoms with Crippen molar-refractivity contribution in [3.05, 3.63) is 42.0 Å². The van der Waals surface area contributed by atoms with E-state index in [0.29, 0.717) is 36.4 Å². The molecule has 0 bridgehead atoms. The first-order valence-electron chi connectivity index (χ1n) is 15.2. The predicted octanol–water partition coefficient (Wildman–Crippen LogP) is 6.07. The third-order valence-corrected chi connectivity index (χ3v) is 7.44. The first-order valence-corrected chi connectivity index (χ1v) is 15.2. The van der Waals surface area contributed by atoms with E-state index in [-0.39, 0.29) is 13.0 Å². The molecular formula is C34H48O9. The van der Waals surface area contributed by atoms with Crippen LogP contribution in [0.4, 0.5) is 0 Å². The molecule has 0 aromatic heterocycles. The summed E-state index contributed by atoms with van der Waals surface area (Å²) in [5, 5.41) is 40.3. The van der Waals surface area contributed by atoms with Crippen LogP contribution in [0.3, 0.4) is 0 Å². The lowest BCUT2D eigenvalue weighted by Crippen LogP contribution is -2.51. The van der Waals surface area contributed by atoms with Crippen LogP contribution in [0.15, 0.2) is 36.4 Å². The summed E-state index contributed by atoms with van der Waals surface area (Å²) in [5.74, 6) is -1.34. The summed E-state index contributed by atoms with van der Waals surface area (Å²) in [7, 11) is 0. The van der Waals surface area contributed by atoms with Crippen molar-refractivity contribution in [1.29, 1.82) is 0 Å². The molecule has 4 N–H and O–H groups in total. The van der Waals surface area contributed by atoms with Crippen LogP contribution in [0, 0.1) is 23.7 Å². The Kier molecular flexibility index (Phi) is 18.4. The third kappa shape index (κ3) is 14.9. The van der Waals surface area contributed by atoms with Crippen molar-refractivity contribution >= 4 is 23.7 Å². The van der Waals surface area contributed by atoms with E-state index >= 15 is 0 Å². The number of unbranched alkanes of at least 4 members (excludes halogenated alkanes) is 8. The summed E-state index contributed by atoms with van der Waals surface area (Å²) < 4.78 is 5.47. The molecule has 0 fully saturated rings. The van der Waals surface area contributed by atoms with Crippen LogP contribution in [0.5, 0.6) is 5.75 Å². The van der Waals surface area contributed by atoms with E-state index in [1.54, 1.807) is 37.3 Å². The van der Waals surface area contributed by atoms with E-state index in [4.69, 9.17) is 4.74 Å². The van der Waals surface area contributed by atoms with Crippen molar-refractivity contribution in [2.24, 2.45) is 11.8 Å². The minimum atomic E-state index is -2.83. The zero-order valence-corrected chi connectivity index (χ0v) is 25.6. The number of carboxylic acid groups (broad SMARTS) is 3. The summed E-state index contributed by atoms with van der Waals surface area (Å²) in [6.45, 7) is 4.04. The average molecular weight is 601 g/mol. The Hall–Kier alpha value is -3.64. The zero-order chi connectivity index (χ0) is 32.1. The highest BCUT2D eigenvalue weighted by Gasteiger charge is 2.50. The summed E-state index contributed by atoms with van der Waals surface area (Å²) in [6.07, 6.45) is 12.1. The maximum absolute atomic E-state index is 12.4. The van der Waals surface area contributed by atoms with E-state index < -0.39 is 41.8 Å². The smallest absolute Gasteiger partial charge is 0.336 e. The van der Waals surface area contributed by atoms with Crippen LogP contribution in [0.2, 0.25) is 0 Å². The summed E-state index contributed by atoms with van der Waals surface area (Å²) >= 11 is 0. The Labute approximate surface area is 255 Å². The number of aliphatic hydroxyl groups is 1. The second-order valence-electron chi connectivity index (χ2n) is 10.9. The summed E-state index contributed by atoms with van der Waals surface area (Å²) in [5.41, 5.74) is -2.28. The first-order chi connectivity index (χ1) is 20.5. The normalized spacial score (nSPS) is 13.8. The number of hydrogen-bond acceptors (Lipinski definition) is 6. The molecule has 9 nitrogen and oxygen atoms in total. The van der Waals surface area contributed by atoms with Crippen molar-refractivity contribution in [1.82, 2.24) is 0 Å². The average Bonchev–Trinajstić information content (AvgIpc) is 2.95. The van der Waals surface area contributed by atoms with Gasteiger partial charge >= 0.3 is 17.9 Å². The van der Waals surface area contributed by atoms with Crippen LogP contribution in [0.1, 0.15) is 103 Å². The van der Waals surface area contributed by atoms with Gasteiger partial charge in [0.2, 0.25) is 0 Å². The number of hydrogen-bond donors (Lipinski definition) is 4. The van der Waals surface area contributed by atoms with Gasteiger partial charge in [-0.15, -0.1) is 5.92 Å². The van der Waals surface area contributed by atoms with E-state index in [9.17, 15) is 39.6 Å². The highest BCUT2D eigenvalue weighted by Crippen LogP contribution is 2.34. The van der Waals surface area contributed by atoms with E-state index in [1.165, 1.54) is 25.3 Å². The fourth-order valence-electron chi connectivity index (χ4n) is 4.96. The van der Waals surface area contributed by atoms with Crippen molar-refractivity contribution in [3.8, 4) is 17.6 Å². The number of Topliss-reactive ketones (excluding diaryl/α,β-unsaturated/α-hetero) is 1. The van der Waals surface area contributed by atoms with Gasteiger partial charge in [0.15, 0.2) is 5.60 Å². The van der Waals surface area contributed by atoms with Gasteiger partial charge in [0, 0.05) is 18.8 Å². The van der Waals surface area contributed by atoms with Crippen molar-refractivity contribution < 1.29 is 44.3 Å². The molecule has 3 atom stereocenters. The molecule has 0 aliphatic heterocycles. The van der Waals surface area contributed by atoms with Gasteiger partial charge in [-0.05, 0) is 56.7 Å². The molecule has 1 rings (SSSR count). The molecule has 1 aromatic carbocycles. The molecule has 0 saturated heterocycles. The second kappa shape index (κ2) is 21.1. The Balaban J connectivity index is 2.85. The Morgan fingerprint density at radius 2 is 1.51 bits per heavy atom. The fraction of sp³-hybridized carbons (Fsp3) is 0.588. The topological polar surface area (TPSA) is 158 Å². The largest absolute Gasteiger partial charge is 0.481 e. The number of benzene rings is 1. The zero-order valence-electron chi connectivity index (χ0n) is 25.6. The summed E-state index contributed by atoms with van der Waals surface area (Å²) in [4.78, 5) is 48.0. The highest BCUT2D eigenvalue weighted by molar-refractivity contribution is 5.85. The van der Waals surface area contributed by atoms with Gasteiger partial charge < -0.3 is 25.2 Å². The van der Waals surface area contributed by atoms with Crippen molar-refractivity contribution in [3.63, 3.8) is 0 Å². The van der Waals surface area contributed by atoms with Gasteiger partial charge in [0.1, 0.15) is 18.1 Å². The molecule has 0 saturated carbocycles. The van der Waals surface area contributed by atoms with Gasteiger partial charge in [-0.25, -0.2) is 4.79 Å². The number of carbonyl (C=O) groups is 4. The molecule has 0 heterocycles. The minimum Gasteiger partial charge on any atom is -0.481 e. The molecular weight excluding hydrogens is 552 g/mol. The quantitative estimate of drug-likeness (QED) is 0.0628. The maximum Gasteiger partial charge on any atom is 0.336 e. The molecule has 3 unspecified atom stereocenters. The maximum atomic E-state index is 12.4. The molecule has 238 valence electrons. The monoisotopic (exact) mass is 600 g/mol. The number of rotatable bonds is 24. The number of ketones is 1. The minimum absolute atomic E-state index is 0.138. The molecule has 9 heteroatoms. The number of ether oxygens (including phenoxy) is 1. The molecule has 0 aliphatic carbocycles. The van der Waals surface area contributed by atoms with Crippen molar-refractivity contribution in [2.45, 2.75) is 109 Å². The molecule has 0 radical (unpaired) electrons. The summed E-state index contributed by atoms with van der Waals surface area (Å²) in [6, 6.07) is 6.55. The van der Waals surface area contributed by atoms with E-state index in [1.807, 2.05) is 0 Å². The molecule has 0 spiro atoms. The van der Waals surface area contributed by atoms with E-state index in [2.05, 4.69) is 18.8 Å². The number of aliphatic carboxylic acids is 3. The first kappa shape index (κ1) is 37.4. The van der Waals surface area contributed by atoms with Gasteiger partial charge in [-0.1, -0.05) is 75.7 Å². The number of allylic oxidation sites excluding steroid dienone is 1.